The van der Waals surface area contributed by atoms with Gasteiger partial charge in [0.2, 0.25) is 10.0 Å². The van der Waals surface area contributed by atoms with Crippen molar-refractivity contribution in [3.8, 4) is 5.75 Å². The Morgan fingerprint density at radius 3 is 2.33 bits per heavy atom. The minimum absolute atomic E-state index is 0.158. The van der Waals surface area contributed by atoms with E-state index in [9.17, 15) is 13.2 Å². The maximum Gasteiger partial charge on any atom is 0.257 e. The quantitative estimate of drug-likeness (QED) is 0.748. The molecule has 1 amide bonds. The Morgan fingerprint density at radius 2 is 1.63 bits per heavy atom. The molecule has 160 valence electrons. The van der Waals surface area contributed by atoms with E-state index >= 15 is 0 Å². The standard InChI is InChI=1S/C23H28N2O4S/c1-29-22-11-10-20(30(27,28)25-13-6-2-3-7-14-25)16-21(22)23(26)24-15-12-18-8-4-5-9-19(18)17-24/h4-5,8-11,16H,2-3,6-7,12-15,17H2,1H3. The molecule has 0 radical (unpaired) electrons. The summed E-state index contributed by atoms with van der Waals surface area (Å²) in [6.07, 6.45) is 4.63. The highest BCUT2D eigenvalue weighted by atomic mass is 32.2. The first-order chi connectivity index (χ1) is 14.5. The molecule has 1 fully saturated rings. The van der Waals surface area contributed by atoms with Crippen LogP contribution < -0.4 is 4.74 Å². The number of carbonyl (C=O) groups excluding carboxylic acids is 1. The third-order valence-corrected chi connectivity index (χ3v) is 7.92. The largest absolute Gasteiger partial charge is 0.496 e. The third-order valence-electron chi connectivity index (χ3n) is 6.02. The third kappa shape index (κ3) is 4.09. The van der Waals surface area contributed by atoms with Crippen molar-refractivity contribution >= 4 is 15.9 Å². The zero-order chi connectivity index (χ0) is 21.1. The van der Waals surface area contributed by atoms with Gasteiger partial charge in [0.15, 0.2) is 0 Å². The molecule has 0 aliphatic carbocycles. The van der Waals surface area contributed by atoms with Gasteiger partial charge in [-0.1, -0.05) is 37.1 Å². The second kappa shape index (κ2) is 8.78. The lowest BCUT2D eigenvalue weighted by Gasteiger charge is -2.29. The van der Waals surface area contributed by atoms with E-state index in [1.807, 2.05) is 18.2 Å². The molecule has 2 aliphatic rings. The average molecular weight is 429 g/mol. The number of amides is 1. The Hall–Kier alpha value is -2.38. The molecule has 6 nitrogen and oxygen atoms in total. The van der Waals surface area contributed by atoms with Gasteiger partial charge >= 0.3 is 0 Å². The number of methoxy groups -OCH3 is 1. The van der Waals surface area contributed by atoms with Crippen LogP contribution in [0.2, 0.25) is 0 Å². The van der Waals surface area contributed by atoms with Crippen LogP contribution in [0.4, 0.5) is 0 Å². The number of sulfonamides is 1. The van der Waals surface area contributed by atoms with E-state index in [1.54, 1.807) is 21.3 Å². The van der Waals surface area contributed by atoms with Crippen LogP contribution in [0, 0.1) is 0 Å². The fourth-order valence-electron chi connectivity index (χ4n) is 4.29. The molecular formula is C23H28N2O4S. The van der Waals surface area contributed by atoms with Crippen molar-refractivity contribution in [2.45, 2.75) is 43.5 Å². The van der Waals surface area contributed by atoms with Gasteiger partial charge in [-0.25, -0.2) is 8.42 Å². The van der Waals surface area contributed by atoms with Crippen LogP contribution in [-0.4, -0.2) is 50.3 Å². The summed E-state index contributed by atoms with van der Waals surface area (Å²) in [6.45, 7) is 2.17. The van der Waals surface area contributed by atoms with Gasteiger partial charge in [0, 0.05) is 26.2 Å². The monoisotopic (exact) mass is 428 g/mol. The molecule has 2 aromatic rings. The number of hydrogen-bond donors (Lipinski definition) is 0. The molecule has 0 bridgehead atoms. The van der Waals surface area contributed by atoms with Crippen LogP contribution in [0.1, 0.15) is 47.2 Å². The summed E-state index contributed by atoms with van der Waals surface area (Å²) < 4.78 is 33.4. The number of rotatable bonds is 4. The van der Waals surface area contributed by atoms with Gasteiger partial charge in [-0.3, -0.25) is 4.79 Å². The zero-order valence-electron chi connectivity index (χ0n) is 17.3. The van der Waals surface area contributed by atoms with Crippen LogP contribution in [0.5, 0.6) is 5.75 Å². The number of ether oxygens (including phenoxy) is 1. The van der Waals surface area contributed by atoms with Gasteiger partial charge < -0.3 is 9.64 Å². The second-order valence-electron chi connectivity index (χ2n) is 7.93. The molecule has 2 aromatic carbocycles. The van der Waals surface area contributed by atoms with Crippen LogP contribution in [0.15, 0.2) is 47.4 Å². The Kier molecular flexibility index (Phi) is 6.11. The van der Waals surface area contributed by atoms with Crippen LogP contribution in [0.3, 0.4) is 0 Å². The molecule has 7 heteroatoms. The summed E-state index contributed by atoms with van der Waals surface area (Å²) in [6, 6.07) is 12.7. The van der Waals surface area contributed by atoms with E-state index in [-0.39, 0.29) is 10.8 Å². The van der Waals surface area contributed by atoms with Crippen molar-refractivity contribution in [3.05, 3.63) is 59.2 Å². The molecule has 4 rings (SSSR count). The lowest BCUT2D eigenvalue weighted by Crippen LogP contribution is -2.36. The number of hydrogen-bond acceptors (Lipinski definition) is 4. The number of carbonyl (C=O) groups is 1. The van der Waals surface area contributed by atoms with Crippen molar-refractivity contribution in [1.29, 1.82) is 0 Å². The van der Waals surface area contributed by atoms with E-state index in [2.05, 4.69) is 6.07 Å². The molecule has 2 aliphatic heterocycles. The Balaban J connectivity index is 1.64. The van der Waals surface area contributed by atoms with Crippen LogP contribution in [-0.2, 0) is 23.0 Å². The molecule has 0 spiro atoms. The Bertz CT molecular complexity index is 1030. The van der Waals surface area contributed by atoms with Gasteiger partial charge in [0.05, 0.1) is 17.6 Å². The van der Waals surface area contributed by atoms with Gasteiger partial charge in [-0.2, -0.15) is 4.31 Å². The minimum atomic E-state index is -3.64. The summed E-state index contributed by atoms with van der Waals surface area (Å²) in [5, 5.41) is 0. The topological polar surface area (TPSA) is 66.9 Å². The molecule has 0 atom stereocenters. The molecule has 0 aromatic heterocycles. The van der Waals surface area contributed by atoms with Gasteiger partial charge in [0.1, 0.15) is 5.75 Å². The van der Waals surface area contributed by atoms with Gasteiger partial charge in [-0.15, -0.1) is 0 Å². The average Bonchev–Trinajstić information content (AvgIpc) is 3.08. The van der Waals surface area contributed by atoms with E-state index in [0.29, 0.717) is 37.5 Å². The van der Waals surface area contributed by atoms with Crippen molar-refractivity contribution < 1.29 is 17.9 Å². The molecule has 2 heterocycles. The lowest BCUT2D eigenvalue weighted by molar-refractivity contribution is 0.0731. The predicted octanol–water partition coefficient (Wildman–Crippen LogP) is 3.46. The molecule has 0 N–H and O–H groups in total. The van der Waals surface area contributed by atoms with Crippen LogP contribution >= 0.6 is 0 Å². The SMILES string of the molecule is COc1ccc(S(=O)(=O)N2CCCCCC2)cc1C(=O)N1CCc2ccccc2C1. The minimum Gasteiger partial charge on any atom is -0.496 e. The summed E-state index contributed by atoms with van der Waals surface area (Å²) in [5.41, 5.74) is 2.68. The Morgan fingerprint density at radius 1 is 0.933 bits per heavy atom. The lowest BCUT2D eigenvalue weighted by atomic mass is 9.99. The maximum atomic E-state index is 13.3. The first kappa shape index (κ1) is 20.9. The fourth-order valence-corrected chi connectivity index (χ4v) is 5.83. The van der Waals surface area contributed by atoms with Gasteiger partial charge in [-0.05, 0) is 48.6 Å². The number of nitrogens with zero attached hydrogens (tertiary/aromatic N) is 2. The van der Waals surface area contributed by atoms with Crippen LogP contribution in [0.25, 0.3) is 0 Å². The summed E-state index contributed by atoms with van der Waals surface area (Å²) >= 11 is 0. The van der Waals surface area contributed by atoms with Crippen molar-refractivity contribution in [3.63, 3.8) is 0 Å². The van der Waals surface area contributed by atoms with Crippen molar-refractivity contribution in [2.24, 2.45) is 0 Å². The fraction of sp³-hybridized carbons (Fsp3) is 0.435. The molecule has 0 saturated carbocycles. The highest BCUT2D eigenvalue weighted by Gasteiger charge is 2.29. The van der Waals surface area contributed by atoms with Crippen molar-refractivity contribution in [1.82, 2.24) is 9.21 Å². The first-order valence-corrected chi connectivity index (χ1v) is 12.0. The summed E-state index contributed by atoms with van der Waals surface area (Å²) in [4.78, 5) is 15.3. The summed E-state index contributed by atoms with van der Waals surface area (Å²) in [5.74, 6) is 0.197. The number of fused-ring (bicyclic) bond motifs is 1. The first-order valence-electron chi connectivity index (χ1n) is 10.5. The van der Waals surface area contributed by atoms with E-state index < -0.39 is 10.0 Å². The smallest absolute Gasteiger partial charge is 0.257 e. The highest BCUT2D eigenvalue weighted by Crippen LogP contribution is 2.29. The van der Waals surface area contributed by atoms with Crippen molar-refractivity contribution in [2.75, 3.05) is 26.7 Å². The molecular weight excluding hydrogens is 400 g/mol. The second-order valence-corrected chi connectivity index (χ2v) is 9.86. The van der Waals surface area contributed by atoms with E-state index in [1.165, 1.54) is 18.7 Å². The predicted molar refractivity (Wildman–Crippen MR) is 115 cm³/mol. The molecule has 30 heavy (non-hydrogen) atoms. The molecule has 1 saturated heterocycles. The highest BCUT2D eigenvalue weighted by molar-refractivity contribution is 7.89. The Labute approximate surface area is 178 Å². The molecule has 0 unspecified atom stereocenters. The van der Waals surface area contributed by atoms with Gasteiger partial charge in [0.25, 0.3) is 5.91 Å². The number of benzene rings is 2. The van der Waals surface area contributed by atoms with E-state index in [4.69, 9.17) is 4.74 Å². The maximum absolute atomic E-state index is 13.3. The summed E-state index contributed by atoms with van der Waals surface area (Å²) in [7, 11) is -2.14. The van der Waals surface area contributed by atoms with E-state index in [0.717, 1.165) is 37.7 Å². The normalized spacial score (nSPS) is 17.8. The zero-order valence-corrected chi connectivity index (χ0v) is 18.2.